The van der Waals surface area contributed by atoms with Gasteiger partial charge in [0.1, 0.15) is 5.02 Å². The van der Waals surface area contributed by atoms with Crippen LogP contribution in [0.5, 0.6) is 17.2 Å². The minimum atomic E-state index is -3.82. The minimum Gasteiger partial charge on any atom is -0.505 e. The van der Waals surface area contributed by atoms with Gasteiger partial charge in [0.2, 0.25) is 5.75 Å². The van der Waals surface area contributed by atoms with E-state index in [2.05, 4.69) is 14.7 Å². The summed E-state index contributed by atoms with van der Waals surface area (Å²) in [4.78, 5) is 13.1. The van der Waals surface area contributed by atoms with Crippen molar-refractivity contribution in [2.75, 3.05) is 0 Å². The molecule has 0 fully saturated rings. The van der Waals surface area contributed by atoms with Gasteiger partial charge in [-0.3, -0.25) is 10.1 Å². The zero-order chi connectivity index (χ0) is 21.5. The Morgan fingerprint density at radius 2 is 1.90 bits per heavy atom. The highest BCUT2D eigenvalue weighted by Crippen LogP contribution is 2.48. The molecule has 0 atom stereocenters. The van der Waals surface area contributed by atoms with Crippen LogP contribution in [0.2, 0.25) is 5.02 Å². The molecule has 0 saturated carbocycles. The van der Waals surface area contributed by atoms with Gasteiger partial charge in [-0.25, -0.2) is 4.39 Å². The second-order valence-corrected chi connectivity index (χ2v) is 6.93. The van der Waals surface area contributed by atoms with Gasteiger partial charge >= 0.3 is 10.9 Å². The standard InChI is InChI=1S/C15H7ClF3N3O6S/c16-10-6(4-9(24)12(25)11(10)22(26)27)13-20-14(21-28-13)15(18,19)29-5-1-2-7(17)8(23)3-5/h1-4,23-25H. The maximum Gasteiger partial charge on any atom is 0.360 e. The molecule has 3 rings (SSSR count). The molecule has 2 aromatic carbocycles. The van der Waals surface area contributed by atoms with Gasteiger partial charge in [-0.2, -0.15) is 13.8 Å². The van der Waals surface area contributed by atoms with Crippen LogP contribution in [0.1, 0.15) is 5.82 Å². The van der Waals surface area contributed by atoms with Crippen molar-refractivity contribution < 1.29 is 37.9 Å². The number of thioether (sulfide) groups is 1. The average Bonchev–Trinajstić information content (AvgIpc) is 3.12. The SMILES string of the molecule is O=[N+]([O-])c1c(O)c(O)cc(-c2nc(C(F)(F)Sc3ccc(F)c(O)c3)no2)c1Cl. The van der Waals surface area contributed by atoms with E-state index >= 15 is 0 Å². The molecule has 0 unspecified atom stereocenters. The van der Waals surface area contributed by atoms with Crippen molar-refractivity contribution in [3.8, 4) is 28.7 Å². The van der Waals surface area contributed by atoms with E-state index in [4.69, 9.17) is 11.6 Å². The Balaban J connectivity index is 1.98. The number of benzene rings is 2. The average molecular weight is 450 g/mol. The lowest BCUT2D eigenvalue weighted by Crippen LogP contribution is -2.10. The van der Waals surface area contributed by atoms with E-state index in [1.165, 1.54) is 0 Å². The van der Waals surface area contributed by atoms with Crippen molar-refractivity contribution in [2.45, 2.75) is 10.2 Å². The predicted octanol–water partition coefficient (Wildman–Crippen LogP) is 4.40. The first-order chi connectivity index (χ1) is 13.5. The summed E-state index contributed by atoms with van der Waals surface area (Å²) < 4.78 is 46.6. The molecule has 152 valence electrons. The Bertz CT molecular complexity index is 1130. The second kappa shape index (κ2) is 7.33. The lowest BCUT2D eigenvalue weighted by molar-refractivity contribution is -0.385. The molecule has 0 aliphatic rings. The first-order valence-corrected chi connectivity index (χ1v) is 8.49. The Hall–Kier alpha value is -3.19. The third-order valence-corrected chi connectivity index (χ3v) is 4.77. The topological polar surface area (TPSA) is 143 Å². The molecule has 0 spiro atoms. The van der Waals surface area contributed by atoms with E-state index in [1.807, 2.05) is 0 Å². The molecule has 9 nitrogen and oxygen atoms in total. The molecule has 14 heteroatoms. The number of aromatic nitrogens is 2. The summed E-state index contributed by atoms with van der Waals surface area (Å²) >= 11 is 5.68. The van der Waals surface area contributed by atoms with Gasteiger partial charge in [0.05, 0.1) is 10.5 Å². The molecule has 0 amide bonds. The molecule has 0 radical (unpaired) electrons. The van der Waals surface area contributed by atoms with Crippen LogP contribution in [-0.4, -0.2) is 30.4 Å². The van der Waals surface area contributed by atoms with Crippen LogP contribution in [0.3, 0.4) is 0 Å². The first-order valence-electron chi connectivity index (χ1n) is 7.30. The number of phenols is 3. The molecule has 29 heavy (non-hydrogen) atoms. The Labute approximate surface area is 167 Å². The maximum absolute atomic E-state index is 14.4. The van der Waals surface area contributed by atoms with Crippen molar-refractivity contribution in [1.82, 2.24) is 10.1 Å². The van der Waals surface area contributed by atoms with Crippen LogP contribution in [0.25, 0.3) is 11.5 Å². The van der Waals surface area contributed by atoms with Gasteiger partial charge in [0.15, 0.2) is 17.3 Å². The highest BCUT2D eigenvalue weighted by molar-refractivity contribution is 8.00. The number of rotatable bonds is 5. The van der Waals surface area contributed by atoms with Crippen molar-refractivity contribution >= 4 is 29.1 Å². The Kier molecular flexibility index (Phi) is 5.19. The zero-order valence-electron chi connectivity index (χ0n) is 13.6. The van der Waals surface area contributed by atoms with Gasteiger partial charge in [-0.05, 0) is 36.0 Å². The fraction of sp³-hybridized carbons (Fsp3) is 0.0667. The van der Waals surface area contributed by atoms with Crippen molar-refractivity contribution in [1.29, 1.82) is 0 Å². The monoisotopic (exact) mass is 449 g/mol. The lowest BCUT2D eigenvalue weighted by atomic mass is 10.1. The van der Waals surface area contributed by atoms with Crippen LogP contribution < -0.4 is 0 Å². The van der Waals surface area contributed by atoms with Gasteiger partial charge < -0.3 is 19.8 Å². The maximum atomic E-state index is 14.4. The molecule has 3 N–H and O–H groups in total. The van der Waals surface area contributed by atoms with Crippen LogP contribution in [0.4, 0.5) is 18.9 Å². The second-order valence-electron chi connectivity index (χ2n) is 5.37. The van der Waals surface area contributed by atoms with Gasteiger partial charge in [0.25, 0.3) is 11.7 Å². The number of phenolic OH excluding ortho intramolecular Hbond substituents is 3. The van der Waals surface area contributed by atoms with E-state index in [0.29, 0.717) is 0 Å². The summed E-state index contributed by atoms with van der Waals surface area (Å²) in [5, 5.41) is 38.0. The summed E-state index contributed by atoms with van der Waals surface area (Å²) in [6.45, 7) is 0. The number of nitro benzene ring substituents is 1. The van der Waals surface area contributed by atoms with E-state index in [0.717, 1.165) is 24.3 Å². The predicted molar refractivity (Wildman–Crippen MR) is 92.5 cm³/mol. The molecule has 1 aromatic heterocycles. The fourth-order valence-electron chi connectivity index (χ4n) is 2.14. The molecular weight excluding hydrogens is 443 g/mol. The van der Waals surface area contributed by atoms with Gasteiger partial charge in [-0.15, -0.1) is 0 Å². The fourth-order valence-corrected chi connectivity index (χ4v) is 3.21. The normalized spacial score (nSPS) is 11.6. The summed E-state index contributed by atoms with van der Waals surface area (Å²) in [6, 6.07) is 3.28. The van der Waals surface area contributed by atoms with Crippen LogP contribution >= 0.6 is 23.4 Å². The number of halogens is 4. The smallest absolute Gasteiger partial charge is 0.360 e. The summed E-state index contributed by atoms with van der Waals surface area (Å²) in [5.41, 5.74) is -1.54. The molecule has 0 bridgehead atoms. The lowest BCUT2D eigenvalue weighted by Gasteiger charge is -2.11. The highest BCUT2D eigenvalue weighted by atomic mass is 35.5. The van der Waals surface area contributed by atoms with Crippen LogP contribution in [0.15, 0.2) is 33.7 Å². The van der Waals surface area contributed by atoms with Crippen LogP contribution in [-0.2, 0) is 5.25 Å². The molecule has 0 saturated heterocycles. The van der Waals surface area contributed by atoms with Crippen molar-refractivity contribution in [3.05, 3.63) is 51.0 Å². The molecular formula is C15H7ClF3N3O6S. The largest absolute Gasteiger partial charge is 0.505 e. The third kappa shape index (κ3) is 3.86. The first kappa shape index (κ1) is 20.5. The van der Waals surface area contributed by atoms with E-state index < -0.39 is 61.2 Å². The number of hydrogen-bond acceptors (Lipinski definition) is 9. The highest BCUT2D eigenvalue weighted by Gasteiger charge is 2.40. The van der Waals surface area contributed by atoms with E-state index in [9.17, 15) is 38.6 Å². The molecule has 1 heterocycles. The summed E-state index contributed by atoms with van der Waals surface area (Å²) in [6.07, 6.45) is 0. The number of alkyl halides is 2. The number of nitro groups is 1. The molecule has 0 aliphatic heterocycles. The van der Waals surface area contributed by atoms with E-state index in [-0.39, 0.29) is 16.7 Å². The van der Waals surface area contributed by atoms with Gasteiger partial charge in [-0.1, -0.05) is 16.8 Å². The van der Waals surface area contributed by atoms with E-state index in [1.54, 1.807) is 0 Å². The Morgan fingerprint density at radius 3 is 2.52 bits per heavy atom. The zero-order valence-corrected chi connectivity index (χ0v) is 15.2. The minimum absolute atomic E-state index is 0.127. The molecule has 0 aliphatic carbocycles. The third-order valence-electron chi connectivity index (χ3n) is 3.46. The van der Waals surface area contributed by atoms with Crippen molar-refractivity contribution in [2.24, 2.45) is 0 Å². The Morgan fingerprint density at radius 1 is 1.21 bits per heavy atom. The van der Waals surface area contributed by atoms with Crippen LogP contribution in [0, 0.1) is 15.9 Å². The number of nitrogens with zero attached hydrogens (tertiary/aromatic N) is 3. The van der Waals surface area contributed by atoms with Crippen molar-refractivity contribution in [3.63, 3.8) is 0 Å². The number of aromatic hydroxyl groups is 3. The molecule has 3 aromatic rings. The summed E-state index contributed by atoms with van der Waals surface area (Å²) in [7, 11) is 0. The summed E-state index contributed by atoms with van der Waals surface area (Å²) in [5.74, 6) is -5.77. The van der Waals surface area contributed by atoms with Gasteiger partial charge in [0, 0.05) is 4.90 Å². The quantitative estimate of drug-likeness (QED) is 0.223. The number of hydrogen-bond donors (Lipinski definition) is 3.